The van der Waals surface area contributed by atoms with Gasteiger partial charge in [-0.2, -0.15) is 0 Å². The number of carbonyl (C=O) groups excluding carboxylic acids is 1. The van der Waals surface area contributed by atoms with Gasteiger partial charge in [-0.25, -0.2) is 4.39 Å². The first-order valence-corrected chi connectivity index (χ1v) is 8.90. The number of carbonyl (C=O) groups is 1. The van der Waals surface area contributed by atoms with Crippen LogP contribution in [0.25, 0.3) is 0 Å². The molecular weight excluding hydrogens is 315 g/mol. The number of anilines is 1. The SMILES string of the molecule is CC(C)c1ccc(N2CCN(C(=O)Cc3ccc(F)cc3)CC2)cc1. The van der Waals surface area contributed by atoms with Gasteiger partial charge in [-0.3, -0.25) is 4.79 Å². The molecule has 0 atom stereocenters. The van der Waals surface area contributed by atoms with E-state index in [2.05, 4.69) is 43.0 Å². The fourth-order valence-corrected chi connectivity index (χ4v) is 3.17. The Labute approximate surface area is 149 Å². The molecule has 3 rings (SSSR count). The lowest BCUT2D eigenvalue weighted by atomic mass is 10.0. The molecule has 25 heavy (non-hydrogen) atoms. The summed E-state index contributed by atoms with van der Waals surface area (Å²) in [6.45, 7) is 7.53. The second-order valence-electron chi connectivity index (χ2n) is 6.92. The van der Waals surface area contributed by atoms with Crippen molar-refractivity contribution in [3.05, 3.63) is 65.5 Å². The molecule has 0 aliphatic carbocycles. The molecule has 1 heterocycles. The average Bonchev–Trinajstić information content (AvgIpc) is 2.64. The molecule has 0 radical (unpaired) electrons. The molecule has 1 fully saturated rings. The Bertz CT molecular complexity index is 702. The van der Waals surface area contributed by atoms with Crippen LogP contribution >= 0.6 is 0 Å². The third kappa shape index (κ3) is 4.38. The molecule has 0 bridgehead atoms. The molecule has 0 aromatic heterocycles. The summed E-state index contributed by atoms with van der Waals surface area (Å²) >= 11 is 0. The van der Waals surface area contributed by atoms with Gasteiger partial charge in [0.25, 0.3) is 0 Å². The lowest BCUT2D eigenvalue weighted by Crippen LogP contribution is -2.49. The minimum Gasteiger partial charge on any atom is -0.368 e. The van der Waals surface area contributed by atoms with Crippen molar-refractivity contribution in [3.63, 3.8) is 0 Å². The van der Waals surface area contributed by atoms with Crippen molar-refractivity contribution in [1.29, 1.82) is 0 Å². The lowest BCUT2D eigenvalue weighted by Gasteiger charge is -2.36. The maximum absolute atomic E-state index is 13.0. The van der Waals surface area contributed by atoms with Crippen LogP contribution in [0.2, 0.25) is 0 Å². The quantitative estimate of drug-likeness (QED) is 0.844. The highest BCUT2D eigenvalue weighted by molar-refractivity contribution is 5.79. The fraction of sp³-hybridized carbons (Fsp3) is 0.381. The lowest BCUT2D eigenvalue weighted by molar-refractivity contribution is -0.130. The second-order valence-corrected chi connectivity index (χ2v) is 6.92. The largest absolute Gasteiger partial charge is 0.368 e. The minimum absolute atomic E-state index is 0.112. The van der Waals surface area contributed by atoms with E-state index in [9.17, 15) is 9.18 Å². The Morgan fingerprint density at radius 2 is 1.56 bits per heavy atom. The van der Waals surface area contributed by atoms with Gasteiger partial charge in [0.15, 0.2) is 0 Å². The zero-order valence-electron chi connectivity index (χ0n) is 14.9. The van der Waals surface area contributed by atoms with E-state index in [-0.39, 0.29) is 11.7 Å². The van der Waals surface area contributed by atoms with Crippen molar-refractivity contribution in [2.75, 3.05) is 31.1 Å². The molecular formula is C21H25FN2O. The normalized spacial score (nSPS) is 14.9. The summed E-state index contributed by atoms with van der Waals surface area (Å²) in [7, 11) is 0. The molecule has 0 saturated carbocycles. The summed E-state index contributed by atoms with van der Waals surface area (Å²) in [6.07, 6.45) is 0.337. The molecule has 2 aromatic carbocycles. The Kier molecular flexibility index (Phi) is 5.37. The van der Waals surface area contributed by atoms with Crippen molar-refractivity contribution in [2.45, 2.75) is 26.2 Å². The molecule has 0 spiro atoms. The minimum atomic E-state index is -0.270. The van der Waals surface area contributed by atoms with Crippen LogP contribution in [0.1, 0.15) is 30.9 Å². The Balaban J connectivity index is 1.54. The van der Waals surface area contributed by atoms with Crippen molar-refractivity contribution in [2.24, 2.45) is 0 Å². The van der Waals surface area contributed by atoms with Gasteiger partial charge in [-0.05, 0) is 41.3 Å². The highest BCUT2D eigenvalue weighted by Crippen LogP contribution is 2.21. The molecule has 1 saturated heterocycles. The summed E-state index contributed by atoms with van der Waals surface area (Å²) in [5.74, 6) is 0.379. The standard InChI is InChI=1S/C21H25FN2O/c1-16(2)18-5-9-20(10-6-18)23-11-13-24(14-12-23)21(25)15-17-3-7-19(22)8-4-17/h3-10,16H,11-15H2,1-2H3. The molecule has 3 nitrogen and oxygen atoms in total. The van der Waals surface area contributed by atoms with Crippen molar-refractivity contribution in [1.82, 2.24) is 4.90 Å². The van der Waals surface area contributed by atoms with Crippen molar-refractivity contribution in [3.8, 4) is 0 Å². The second kappa shape index (κ2) is 7.68. The highest BCUT2D eigenvalue weighted by atomic mass is 19.1. The predicted octanol–water partition coefficient (Wildman–Crippen LogP) is 3.84. The van der Waals surface area contributed by atoms with Crippen molar-refractivity contribution >= 4 is 11.6 Å². The first kappa shape index (κ1) is 17.5. The van der Waals surface area contributed by atoms with Crippen LogP contribution in [0.5, 0.6) is 0 Å². The maximum atomic E-state index is 13.0. The van der Waals surface area contributed by atoms with Crippen LogP contribution in [0, 0.1) is 5.82 Å². The monoisotopic (exact) mass is 340 g/mol. The number of amides is 1. The zero-order chi connectivity index (χ0) is 17.8. The van der Waals surface area contributed by atoms with Crippen LogP contribution in [-0.2, 0) is 11.2 Å². The number of rotatable bonds is 4. The number of hydrogen-bond acceptors (Lipinski definition) is 2. The van der Waals surface area contributed by atoms with Gasteiger partial charge in [0.05, 0.1) is 6.42 Å². The Morgan fingerprint density at radius 1 is 0.960 bits per heavy atom. The molecule has 1 aliphatic rings. The van der Waals surface area contributed by atoms with Gasteiger partial charge in [-0.1, -0.05) is 38.1 Å². The van der Waals surface area contributed by atoms with E-state index < -0.39 is 0 Å². The number of nitrogens with zero attached hydrogens (tertiary/aromatic N) is 2. The molecule has 1 amide bonds. The first-order valence-electron chi connectivity index (χ1n) is 8.90. The van der Waals surface area contributed by atoms with Crippen molar-refractivity contribution < 1.29 is 9.18 Å². The maximum Gasteiger partial charge on any atom is 0.227 e. The molecule has 0 unspecified atom stereocenters. The van der Waals surface area contributed by atoms with E-state index in [0.717, 1.165) is 31.7 Å². The number of halogens is 1. The predicted molar refractivity (Wildman–Crippen MR) is 99.4 cm³/mol. The third-order valence-corrected chi connectivity index (χ3v) is 4.83. The third-order valence-electron chi connectivity index (χ3n) is 4.83. The Morgan fingerprint density at radius 3 is 2.12 bits per heavy atom. The fourth-order valence-electron chi connectivity index (χ4n) is 3.17. The molecule has 2 aromatic rings. The number of piperazine rings is 1. The topological polar surface area (TPSA) is 23.6 Å². The van der Waals surface area contributed by atoms with E-state index in [1.54, 1.807) is 12.1 Å². The molecule has 132 valence electrons. The van der Waals surface area contributed by atoms with E-state index >= 15 is 0 Å². The van der Waals surface area contributed by atoms with Crippen LogP contribution in [-0.4, -0.2) is 37.0 Å². The van der Waals surface area contributed by atoms with Gasteiger partial charge in [0, 0.05) is 31.9 Å². The number of hydrogen-bond donors (Lipinski definition) is 0. The zero-order valence-corrected chi connectivity index (χ0v) is 14.9. The van der Waals surface area contributed by atoms with Gasteiger partial charge in [0.1, 0.15) is 5.82 Å². The summed E-state index contributed by atoms with van der Waals surface area (Å²) in [6, 6.07) is 14.9. The van der Waals surface area contributed by atoms with E-state index in [1.165, 1.54) is 23.4 Å². The molecule has 4 heteroatoms. The summed E-state index contributed by atoms with van der Waals surface area (Å²) in [5, 5.41) is 0. The van der Waals surface area contributed by atoms with E-state index in [4.69, 9.17) is 0 Å². The smallest absolute Gasteiger partial charge is 0.227 e. The van der Waals surface area contributed by atoms with Crippen LogP contribution in [0.3, 0.4) is 0 Å². The van der Waals surface area contributed by atoms with Gasteiger partial charge in [0.2, 0.25) is 5.91 Å². The summed E-state index contributed by atoms with van der Waals surface area (Å²) in [5.41, 5.74) is 3.42. The van der Waals surface area contributed by atoms with Gasteiger partial charge in [-0.15, -0.1) is 0 Å². The van der Waals surface area contributed by atoms with Crippen LogP contribution in [0.15, 0.2) is 48.5 Å². The van der Waals surface area contributed by atoms with Crippen LogP contribution in [0.4, 0.5) is 10.1 Å². The summed E-state index contributed by atoms with van der Waals surface area (Å²) < 4.78 is 13.0. The van der Waals surface area contributed by atoms with E-state index in [0.29, 0.717) is 12.3 Å². The van der Waals surface area contributed by atoms with E-state index in [1.807, 2.05) is 4.90 Å². The van der Waals surface area contributed by atoms with Gasteiger partial charge < -0.3 is 9.80 Å². The summed E-state index contributed by atoms with van der Waals surface area (Å²) in [4.78, 5) is 16.7. The Hall–Kier alpha value is -2.36. The van der Waals surface area contributed by atoms with Crippen LogP contribution < -0.4 is 4.90 Å². The number of benzene rings is 2. The average molecular weight is 340 g/mol. The molecule has 1 aliphatic heterocycles. The van der Waals surface area contributed by atoms with Gasteiger partial charge >= 0.3 is 0 Å². The molecule has 0 N–H and O–H groups in total. The first-order chi connectivity index (χ1) is 12.0. The highest BCUT2D eigenvalue weighted by Gasteiger charge is 2.21.